The molecule has 0 aliphatic carbocycles. The summed E-state index contributed by atoms with van der Waals surface area (Å²) in [5.41, 5.74) is 6.24. The Balaban J connectivity index is 0.00000195. The van der Waals surface area contributed by atoms with Crippen LogP contribution in [0.5, 0.6) is 5.75 Å². The minimum absolute atomic E-state index is 0.00220. The lowest BCUT2D eigenvalue weighted by atomic mass is 9.93. The van der Waals surface area contributed by atoms with Crippen molar-refractivity contribution < 1.29 is 29.7 Å². The van der Waals surface area contributed by atoms with Crippen LogP contribution < -0.4 is 11.1 Å². The maximum atomic E-state index is 13.2. The summed E-state index contributed by atoms with van der Waals surface area (Å²) >= 11 is 0. The van der Waals surface area contributed by atoms with E-state index in [4.69, 9.17) is 11.0 Å². The highest BCUT2D eigenvalue weighted by atomic mass is 16.3. The lowest BCUT2D eigenvalue weighted by Gasteiger charge is -2.28. The second kappa shape index (κ2) is 21.9. The molecule has 0 saturated heterocycles. The van der Waals surface area contributed by atoms with E-state index in [0.717, 1.165) is 0 Å². The highest BCUT2D eigenvalue weighted by molar-refractivity contribution is 6.05. The standard InChI is InChI=1S/C26H31N3O6.2C4H10/c1-3-15(2)23(32)17-12-18(25(28)34)14-19(13-17)26(35)29-21(24(33)22(31)5-4-10-27)11-16-6-8-20(30)9-7-16;2*1-3-4-2/h6-9,12-15,21-22,24,30-31,33H,3-5,11H2,1-2H3,(H2,28,34)(H,29,35);2*3-4H2,1-2H3. The highest BCUT2D eigenvalue weighted by Crippen LogP contribution is 2.19. The van der Waals surface area contributed by atoms with Crippen molar-refractivity contribution in [1.82, 2.24) is 5.32 Å². The van der Waals surface area contributed by atoms with Crippen LogP contribution in [0.25, 0.3) is 0 Å². The third-order valence-electron chi connectivity index (χ3n) is 6.89. The van der Waals surface area contributed by atoms with Crippen LogP contribution in [0.2, 0.25) is 0 Å². The van der Waals surface area contributed by atoms with Gasteiger partial charge < -0.3 is 26.4 Å². The topological polar surface area (TPSA) is 174 Å². The van der Waals surface area contributed by atoms with E-state index in [-0.39, 0.29) is 53.4 Å². The van der Waals surface area contributed by atoms with Crippen molar-refractivity contribution in [3.05, 3.63) is 64.7 Å². The van der Waals surface area contributed by atoms with Crippen molar-refractivity contribution in [2.75, 3.05) is 0 Å². The molecule has 2 rings (SSSR count). The molecule has 43 heavy (non-hydrogen) atoms. The number of hydrogen-bond donors (Lipinski definition) is 5. The predicted octanol–water partition coefficient (Wildman–Crippen LogP) is 5.70. The summed E-state index contributed by atoms with van der Waals surface area (Å²) in [5, 5.41) is 42.1. The Kier molecular flexibility index (Phi) is 20.0. The van der Waals surface area contributed by atoms with Crippen LogP contribution in [0.15, 0.2) is 42.5 Å². The molecule has 0 bridgehead atoms. The molecule has 4 unspecified atom stereocenters. The first kappa shape index (κ1) is 39.3. The third-order valence-corrected chi connectivity index (χ3v) is 6.89. The predicted molar refractivity (Wildman–Crippen MR) is 170 cm³/mol. The Bertz CT molecular complexity index is 1150. The molecule has 9 heteroatoms. The number of carbonyl (C=O) groups excluding carboxylic acids is 3. The van der Waals surface area contributed by atoms with Crippen LogP contribution in [0.4, 0.5) is 0 Å². The average molecular weight is 598 g/mol. The molecule has 9 nitrogen and oxygen atoms in total. The van der Waals surface area contributed by atoms with Crippen LogP contribution in [0.3, 0.4) is 0 Å². The molecule has 0 aromatic heterocycles. The van der Waals surface area contributed by atoms with E-state index in [2.05, 4.69) is 33.0 Å². The largest absolute Gasteiger partial charge is 0.508 e. The van der Waals surface area contributed by atoms with E-state index >= 15 is 0 Å². The van der Waals surface area contributed by atoms with Gasteiger partial charge in [0.15, 0.2) is 5.78 Å². The molecule has 2 aromatic rings. The van der Waals surface area contributed by atoms with Gasteiger partial charge in [-0.3, -0.25) is 14.4 Å². The maximum Gasteiger partial charge on any atom is 0.251 e. The molecule has 2 aromatic carbocycles. The number of phenolic OH excluding ortho intramolecular Hbond substituents is 1. The first-order chi connectivity index (χ1) is 20.4. The molecule has 0 aliphatic heterocycles. The summed E-state index contributed by atoms with van der Waals surface area (Å²) in [5.74, 6) is -2.00. The molecule has 238 valence electrons. The minimum atomic E-state index is -1.42. The van der Waals surface area contributed by atoms with Crippen LogP contribution in [-0.2, 0) is 6.42 Å². The Hall–Kier alpha value is -3.74. The van der Waals surface area contributed by atoms with Gasteiger partial charge in [-0.15, -0.1) is 0 Å². The van der Waals surface area contributed by atoms with E-state index in [1.54, 1.807) is 19.1 Å². The SMILES string of the molecule is CCC(C)C(=O)c1cc(C(N)=O)cc(C(=O)NC(Cc2ccc(O)cc2)C(O)C(O)CCC#N)c1.CCCC.CCCC. The number of nitrogens with zero attached hydrogens (tertiary/aromatic N) is 1. The van der Waals surface area contributed by atoms with Crippen LogP contribution in [0.1, 0.15) is 123 Å². The van der Waals surface area contributed by atoms with Gasteiger partial charge in [-0.25, -0.2) is 0 Å². The molecule has 6 N–H and O–H groups in total. The number of unbranched alkanes of at least 4 members (excludes halogenated alkanes) is 2. The smallest absolute Gasteiger partial charge is 0.251 e. The molecule has 0 saturated carbocycles. The molecule has 0 aliphatic rings. The van der Waals surface area contributed by atoms with Crippen LogP contribution in [0, 0.1) is 17.2 Å². The fourth-order valence-corrected chi connectivity index (χ4v) is 3.56. The van der Waals surface area contributed by atoms with Crippen molar-refractivity contribution >= 4 is 17.6 Å². The Morgan fingerprint density at radius 2 is 1.40 bits per heavy atom. The number of nitriles is 1. The molecule has 0 spiro atoms. The van der Waals surface area contributed by atoms with E-state index in [9.17, 15) is 29.7 Å². The molecule has 4 atom stereocenters. The summed E-state index contributed by atoms with van der Waals surface area (Å²) in [6, 6.07) is 11.0. The van der Waals surface area contributed by atoms with Gasteiger partial charge in [0.2, 0.25) is 5.91 Å². The number of rotatable bonds is 14. The lowest BCUT2D eigenvalue weighted by Crippen LogP contribution is -2.49. The van der Waals surface area contributed by atoms with Gasteiger partial charge in [-0.1, -0.05) is 79.4 Å². The summed E-state index contributed by atoms with van der Waals surface area (Å²) in [7, 11) is 0. The van der Waals surface area contributed by atoms with Crippen LogP contribution >= 0.6 is 0 Å². The summed E-state index contributed by atoms with van der Waals surface area (Å²) in [6.07, 6.45) is 3.27. The number of benzene rings is 2. The van der Waals surface area contributed by atoms with Gasteiger partial charge in [0.05, 0.1) is 18.2 Å². The molecule has 0 heterocycles. The maximum absolute atomic E-state index is 13.2. The quantitative estimate of drug-likeness (QED) is 0.174. The normalized spacial score (nSPS) is 13.0. The van der Waals surface area contributed by atoms with Gasteiger partial charge in [0.1, 0.15) is 11.9 Å². The van der Waals surface area contributed by atoms with Crippen molar-refractivity contribution in [2.45, 2.75) is 111 Å². The lowest BCUT2D eigenvalue weighted by molar-refractivity contribution is -0.00642. The number of ketones is 1. The first-order valence-electron chi connectivity index (χ1n) is 15.2. The number of carbonyl (C=O) groups is 3. The van der Waals surface area contributed by atoms with Gasteiger partial charge >= 0.3 is 0 Å². The van der Waals surface area contributed by atoms with Gasteiger partial charge in [0, 0.05) is 29.0 Å². The number of primary amides is 1. The number of hydrogen-bond acceptors (Lipinski definition) is 7. The van der Waals surface area contributed by atoms with E-state index in [0.29, 0.717) is 12.0 Å². The van der Waals surface area contributed by atoms with E-state index in [1.165, 1.54) is 56.0 Å². The minimum Gasteiger partial charge on any atom is -0.508 e. The molecular weight excluding hydrogens is 546 g/mol. The van der Waals surface area contributed by atoms with Crippen LogP contribution in [-0.4, -0.2) is 51.2 Å². The number of amides is 2. The number of phenols is 1. The van der Waals surface area contributed by atoms with Crippen molar-refractivity contribution in [3.63, 3.8) is 0 Å². The zero-order valence-electron chi connectivity index (χ0n) is 26.6. The number of nitrogens with two attached hydrogens (primary N) is 1. The Morgan fingerprint density at radius 1 is 0.884 bits per heavy atom. The second-order valence-electron chi connectivity index (χ2n) is 10.5. The summed E-state index contributed by atoms with van der Waals surface area (Å²) in [6.45, 7) is 12.3. The van der Waals surface area contributed by atoms with Gasteiger partial charge in [-0.05, 0) is 55.2 Å². The van der Waals surface area contributed by atoms with Gasteiger partial charge in [0.25, 0.3) is 5.91 Å². The number of aromatic hydroxyl groups is 1. The number of aliphatic hydroxyl groups excluding tert-OH is 2. The Labute approximate surface area is 257 Å². The zero-order chi connectivity index (χ0) is 32.9. The first-order valence-corrected chi connectivity index (χ1v) is 15.2. The Morgan fingerprint density at radius 3 is 1.86 bits per heavy atom. The molecule has 0 fully saturated rings. The van der Waals surface area contributed by atoms with E-state index in [1.807, 2.05) is 13.0 Å². The van der Waals surface area contributed by atoms with Crippen molar-refractivity contribution in [1.29, 1.82) is 5.26 Å². The average Bonchev–Trinajstić information content (AvgIpc) is 3.02. The summed E-state index contributed by atoms with van der Waals surface area (Å²) < 4.78 is 0. The highest BCUT2D eigenvalue weighted by Gasteiger charge is 2.29. The monoisotopic (exact) mass is 597 g/mol. The number of Topliss-reactive ketones (excluding diaryl/α,β-unsaturated/α-hetero) is 1. The van der Waals surface area contributed by atoms with Crippen molar-refractivity contribution in [3.8, 4) is 11.8 Å². The second-order valence-corrected chi connectivity index (χ2v) is 10.5. The summed E-state index contributed by atoms with van der Waals surface area (Å²) in [4.78, 5) is 37.7. The molecular formula is C34H51N3O6. The fraction of sp³-hybridized carbons (Fsp3) is 0.529. The van der Waals surface area contributed by atoms with Crippen molar-refractivity contribution in [2.24, 2.45) is 11.7 Å². The third kappa shape index (κ3) is 14.8. The molecule has 0 radical (unpaired) electrons. The zero-order valence-corrected chi connectivity index (χ0v) is 26.6. The fourth-order valence-electron chi connectivity index (χ4n) is 3.56. The molecule has 2 amide bonds. The van der Waals surface area contributed by atoms with E-state index < -0.39 is 30.1 Å². The number of nitrogens with one attached hydrogen (secondary N) is 1. The number of aliphatic hydroxyl groups is 2. The van der Waals surface area contributed by atoms with Gasteiger partial charge in [-0.2, -0.15) is 5.26 Å².